The number of methoxy groups -OCH3 is 1. The molecule has 4 rings (SSSR count). The molecule has 190 valence electrons. The summed E-state index contributed by atoms with van der Waals surface area (Å²) in [6.45, 7) is 1.15. The lowest BCUT2D eigenvalue weighted by Gasteiger charge is -2.19. The lowest BCUT2D eigenvalue weighted by molar-refractivity contribution is 0.145. The maximum atomic E-state index is 12.7. The van der Waals surface area contributed by atoms with Crippen molar-refractivity contribution in [1.29, 1.82) is 0 Å². The van der Waals surface area contributed by atoms with Gasteiger partial charge in [0.25, 0.3) is 10.0 Å². The maximum Gasteiger partial charge on any atom is 0.328 e. The smallest absolute Gasteiger partial charge is 0.328 e. The van der Waals surface area contributed by atoms with Crippen molar-refractivity contribution in [2.75, 3.05) is 20.3 Å². The highest BCUT2D eigenvalue weighted by Gasteiger charge is 2.23. The van der Waals surface area contributed by atoms with Gasteiger partial charge in [0.05, 0.1) is 38.8 Å². The zero-order chi connectivity index (χ0) is 25.9. The molecule has 0 unspecified atom stereocenters. The van der Waals surface area contributed by atoms with Crippen molar-refractivity contribution in [3.05, 3.63) is 80.6 Å². The highest BCUT2D eigenvalue weighted by atomic mass is 35.5. The normalized spacial score (nSPS) is 14.4. The minimum Gasteiger partial charge on any atom is -0.495 e. The van der Waals surface area contributed by atoms with Gasteiger partial charge in [0, 0.05) is 32.7 Å². The van der Waals surface area contributed by atoms with Crippen LogP contribution in [0, 0.1) is 0 Å². The number of urea groups is 1. The molecule has 0 fully saturated rings. The van der Waals surface area contributed by atoms with Crippen molar-refractivity contribution in [1.82, 2.24) is 19.8 Å². The topological polar surface area (TPSA) is 112 Å². The van der Waals surface area contributed by atoms with Crippen LogP contribution < -0.4 is 14.8 Å². The molecule has 3 aromatic rings. The summed E-state index contributed by atoms with van der Waals surface area (Å²) in [7, 11) is -2.90. The van der Waals surface area contributed by atoms with Crippen LogP contribution in [0.5, 0.6) is 5.75 Å². The van der Waals surface area contributed by atoms with Crippen LogP contribution in [-0.2, 0) is 27.9 Å². The van der Waals surface area contributed by atoms with Gasteiger partial charge in [0.1, 0.15) is 10.6 Å². The third-order valence-corrected chi connectivity index (χ3v) is 7.50. The minimum absolute atomic E-state index is 0.0407. The third kappa shape index (κ3) is 5.96. The lowest BCUT2D eigenvalue weighted by atomic mass is 10.1. The molecule has 0 bridgehead atoms. The summed E-state index contributed by atoms with van der Waals surface area (Å²) in [6.07, 6.45) is 3.46. The van der Waals surface area contributed by atoms with Gasteiger partial charge in [0.2, 0.25) is 0 Å². The van der Waals surface area contributed by atoms with Crippen molar-refractivity contribution < 1.29 is 22.7 Å². The molecule has 9 nitrogen and oxygen atoms in total. The zero-order valence-electron chi connectivity index (χ0n) is 18.9. The van der Waals surface area contributed by atoms with Gasteiger partial charge in [-0.15, -0.1) is 0 Å². The summed E-state index contributed by atoms with van der Waals surface area (Å²) < 4.78 is 39.8. The van der Waals surface area contributed by atoms with Crippen LogP contribution in [0.3, 0.4) is 0 Å². The van der Waals surface area contributed by atoms with E-state index in [2.05, 4.69) is 10.4 Å². The van der Waals surface area contributed by atoms with E-state index in [1.54, 1.807) is 29.1 Å². The number of sulfonamides is 1. The highest BCUT2D eigenvalue weighted by molar-refractivity contribution is 7.90. The number of amides is 2. The molecule has 0 atom stereocenters. The predicted octanol–water partition coefficient (Wildman–Crippen LogP) is 4.50. The SMILES string of the molecule is COc1ccc(Cl)cc1S(=O)(=O)NC(=O)NCC=C1COCc2cnn(Cc3ccc(Cl)cc3Cl)c21. The number of fused-ring (bicyclic) bond motifs is 1. The summed E-state index contributed by atoms with van der Waals surface area (Å²) in [6, 6.07) is 8.44. The summed E-state index contributed by atoms with van der Waals surface area (Å²) in [4.78, 5) is 12.1. The molecular formula is C23H21Cl3N4O5S. The van der Waals surface area contributed by atoms with Crippen LogP contribution in [0.15, 0.2) is 53.6 Å². The first kappa shape index (κ1) is 26.3. The molecule has 13 heteroatoms. The number of aromatic nitrogens is 2. The quantitative estimate of drug-likeness (QED) is 0.432. The number of nitrogens with zero attached hydrogens (tertiary/aromatic N) is 2. The van der Waals surface area contributed by atoms with E-state index < -0.39 is 16.1 Å². The minimum atomic E-state index is -4.22. The van der Waals surface area contributed by atoms with Crippen LogP contribution in [0.4, 0.5) is 4.79 Å². The van der Waals surface area contributed by atoms with Crippen molar-refractivity contribution in [3.8, 4) is 5.75 Å². The molecule has 2 N–H and O–H groups in total. The van der Waals surface area contributed by atoms with E-state index in [1.807, 2.05) is 10.8 Å². The van der Waals surface area contributed by atoms with Crippen molar-refractivity contribution in [3.63, 3.8) is 0 Å². The molecule has 2 amide bonds. The molecule has 0 saturated heterocycles. The van der Waals surface area contributed by atoms with Crippen molar-refractivity contribution in [2.24, 2.45) is 0 Å². The van der Waals surface area contributed by atoms with Crippen LogP contribution in [0.25, 0.3) is 5.57 Å². The molecule has 1 aromatic heterocycles. The number of rotatable bonds is 7. The Morgan fingerprint density at radius 1 is 1.17 bits per heavy atom. The van der Waals surface area contributed by atoms with Gasteiger partial charge < -0.3 is 14.8 Å². The Kier molecular flexibility index (Phi) is 8.11. The highest BCUT2D eigenvalue weighted by Crippen LogP contribution is 2.29. The molecule has 1 aliphatic heterocycles. The fourth-order valence-corrected chi connectivity index (χ4v) is 5.50. The van der Waals surface area contributed by atoms with Crippen LogP contribution in [0.2, 0.25) is 15.1 Å². The van der Waals surface area contributed by atoms with E-state index in [1.165, 1.54) is 25.3 Å². The Labute approximate surface area is 223 Å². The monoisotopic (exact) mass is 570 g/mol. The fourth-order valence-electron chi connectivity index (χ4n) is 3.67. The second kappa shape index (κ2) is 11.1. The largest absolute Gasteiger partial charge is 0.495 e. The van der Waals surface area contributed by atoms with E-state index in [0.29, 0.717) is 29.8 Å². The average molecular weight is 572 g/mol. The lowest BCUT2D eigenvalue weighted by Crippen LogP contribution is -2.39. The molecule has 0 saturated carbocycles. The molecule has 0 aliphatic carbocycles. The third-order valence-electron chi connectivity index (χ3n) is 5.32. The predicted molar refractivity (Wildman–Crippen MR) is 137 cm³/mol. The van der Waals surface area contributed by atoms with Gasteiger partial charge in [-0.05, 0) is 35.9 Å². The zero-order valence-corrected chi connectivity index (χ0v) is 22.0. The molecule has 2 aromatic carbocycles. The molecule has 36 heavy (non-hydrogen) atoms. The van der Waals surface area contributed by atoms with Gasteiger partial charge in [0.15, 0.2) is 0 Å². The first-order chi connectivity index (χ1) is 17.2. The number of halogens is 3. The molecule has 2 heterocycles. The Balaban J connectivity index is 1.46. The van der Waals surface area contributed by atoms with Gasteiger partial charge in [-0.25, -0.2) is 17.9 Å². The summed E-state index contributed by atoms with van der Waals surface area (Å²) >= 11 is 18.2. The van der Waals surface area contributed by atoms with E-state index in [9.17, 15) is 13.2 Å². The number of hydrogen-bond donors (Lipinski definition) is 2. The van der Waals surface area contributed by atoms with Gasteiger partial charge >= 0.3 is 6.03 Å². The Hall–Kier alpha value is -2.76. The van der Waals surface area contributed by atoms with E-state index >= 15 is 0 Å². The van der Waals surface area contributed by atoms with E-state index in [4.69, 9.17) is 44.3 Å². The number of nitrogens with one attached hydrogen (secondary N) is 2. The fraction of sp³-hybridized carbons (Fsp3) is 0.217. The maximum absolute atomic E-state index is 12.7. The number of hydrogen-bond acceptors (Lipinski definition) is 6. The first-order valence-electron chi connectivity index (χ1n) is 10.6. The number of benzene rings is 2. The summed E-state index contributed by atoms with van der Waals surface area (Å²) in [5.41, 5.74) is 3.37. The summed E-state index contributed by atoms with van der Waals surface area (Å²) in [5.74, 6) is 0.0581. The Bertz CT molecular complexity index is 1440. The van der Waals surface area contributed by atoms with Gasteiger partial charge in [-0.3, -0.25) is 4.68 Å². The first-order valence-corrected chi connectivity index (χ1v) is 13.2. The van der Waals surface area contributed by atoms with Crippen molar-refractivity contribution in [2.45, 2.75) is 18.0 Å². The van der Waals surface area contributed by atoms with Crippen LogP contribution >= 0.6 is 34.8 Å². The number of carbonyl (C=O) groups is 1. The van der Waals surface area contributed by atoms with E-state index in [0.717, 1.165) is 22.4 Å². The number of carbonyl (C=O) groups excluding carboxylic acids is 1. The van der Waals surface area contributed by atoms with Crippen molar-refractivity contribution >= 4 is 56.4 Å². The second-order valence-corrected chi connectivity index (χ2v) is 10.7. The molecule has 1 aliphatic rings. The van der Waals surface area contributed by atoms with Crippen LogP contribution in [-0.4, -0.2) is 44.5 Å². The summed E-state index contributed by atoms with van der Waals surface area (Å²) in [5, 5.41) is 8.23. The molecular weight excluding hydrogens is 551 g/mol. The standard InChI is InChI=1S/C23H21Cl3N4O5S/c1-34-20-5-4-18(25)9-21(20)36(32,33)29-23(31)27-7-6-15-12-35-13-16-10-28-30(22(15)16)11-14-2-3-17(24)8-19(14)26/h2-6,8-10H,7,11-13H2,1H3,(H2,27,29,31). The Morgan fingerprint density at radius 3 is 2.67 bits per heavy atom. The average Bonchev–Trinajstić information content (AvgIpc) is 3.24. The van der Waals surface area contributed by atoms with Gasteiger partial charge in [-0.2, -0.15) is 5.10 Å². The van der Waals surface area contributed by atoms with E-state index in [-0.39, 0.29) is 22.2 Å². The second-order valence-electron chi connectivity index (χ2n) is 7.74. The van der Waals surface area contributed by atoms with Crippen LogP contribution in [0.1, 0.15) is 16.8 Å². The number of ether oxygens (including phenoxy) is 2. The molecule has 0 radical (unpaired) electrons. The molecule has 0 spiro atoms. The van der Waals surface area contributed by atoms with Gasteiger partial charge in [-0.1, -0.05) is 46.9 Å². The Morgan fingerprint density at radius 2 is 1.92 bits per heavy atom.